The van der Waals surface area contributed by atoms with Crippen LogP contribution in [0.25, 0.3) is 0 Å². The van der Waals surface area contributed by atoms with Gasteiger partial charge in [-0.1, -0.05) is 405 Å². The molecule has 6 nitrogen and oxygen atoms in total. The molecule has 0 saturated heterocycles. The number of rotatable bonds is 72. The van der Waals surface area contributed by atoms with Crippen molar-refractivity contribution in [2.75, 3.05) is 13.2 Å². The minimum absolute atomic E-state index is 0.0251. The van der Waals surface area contributed by atoms with E-state index in [1.165, 1.54) is 372 Å². The first kappa shape index (κ1) is 80.6. The zero-order chi connectivity index (χ0) is 59.2. The van der Waals surface area contributed by atoms with Crippen molar-refractivity contribution in [3.8, 4) is 0 Å². The second-order valence-electron chi connectivity index (χ2n) is 26.4. The number of allylic oxidation sites excluding steroid dienone is 1. The molecule has 0 saturated carbocycles. The summed E-state index contributed by atoms with van der Waals surface area (Å²) in [6.07, 6.45) is 90.3. The number of hydrogen-bond acceptors (Lipinski definition) is 5. The summed E-state index contributed by atoms with van der Waals surface area (Å²) in [5, 5.41) is 23.2. The molecule has 0 heterocycles. The van der Waals surface area contributed by atoms with E-state index in [4.69, 9.17) is 4.74 Å². The maximum atomic E-state index is 12.5. The fourth-order valence-electron chi connectivity index (χ4n) is 12.3. The molecular formula is C76H149NO5. The van der Waals surface area contributed by atoms with Gasteiger partial charge in [-0.05, 0) is 32.1 Å². The van der Waals surface area contributed by atoms with E-state index in [0.717, 1.165) is 38.5 Å². The quantitative estimate of drug-likeness (QED) is 0.0320. The summed E-state index contributed by atoms with van der Waals surface area (Å²) in [5.74, 6) is -0.0353. The molecule has 2 atom stereocenters. The first-order chi connectivity index (χ1) is 40.5. The second-order valence-corrected chi connectivity index (χ2v) is 26.4. The first-order valence-corrected chi connectivity index (χ1v) is 38.0. The molecule has 82 heavy (non-hydrogen) atoms. The van der Waals surface area contributed by atoms with Crippen LogP contribution in [0.2, 0.25) is 0 Å². The van der Waals surface area contributed by atoms with Gasteiger partial charge in [0, 0.05) is 12.8 Å². The Bertz CT molecular complexity index is 1240. The molecule has 488 valence electrons. The predicted molar refractivity (Wildman–Crippen MR) is 361 cm³/mol. The third-order valence-corrected chi connectivity index (χ3v) is 18.1. The van der Waals surface area contributed by atoms with Gasteiger partial charge in [-0.2, -0.15) is 0 Å². The van der Waals surface area contributed by atoms with E-state index in [2.05, 4.69) is 19.2 Å². The number of unbranched alkanes of at least 4 members (excludes halogenated alkanes) is 61. The van der Waals surface area contributed by atoms with Crippen LogP contribution >= 0.6 is 0 Å². The highest BCUT2D eigenvalue weighted by Crippen LogP contribution is 2.20. The van der Waals surface area contributed by atoms with E-state index >= 15 is 0 Å². The third kappa shape index (κ3) is 67.7. The molecule has 0 aliphatic heterocycles. The van der Waals surface area contributed by atoms with Gasteiger partial charge in [0.1, 0.15) is 0 Å². The Kier molecular flexibility index (Phi) is 70.8. The summed E-state index contributed by atoms with van der Waals surface area (Å²) in [6.45, 7) is 4.96. The summed E-state index contributed by atoms with van der Waals surface area (Å²) in [6, 6.07) is -0.625. The summed E-state index contributed by atoms with van der Waals surface area (Å²) in [4.78, 5) is 24.6. The van der Waals surface area contributed by atoms with Crippen molar-refractivity contribution in [2.45, 2.75) is 450 Å². The molecular weight excluding hydrogens is 1010 g/mol. The van der Waals surface area contributed by atoms with Crippen LogP contribution in [0.3, 0.4) is 0 Å². The molecule has 0 fully saturated rings. The number of ether oxygens (including phenoxy) is 1. The SMILES string of the molecule is CCCCCCCCCCCCCCCCC/C=C/C(O)C(CO)NC(=O)CCCCCCCCCCCCCCCCCCCCCCCCCCCCCCCOC(=O)CCCCCCCCCCCCCCCCCCCCC. The second kappa shape index (κ2) is 72.1. The maximum absolute atomic E-state index is 12.5. The van der Waals surface area contributed by atoms with Gasteiger partial charge in [-0.15, -0.1) is 0 Å². The van der Waals surface area contributed by atoms with E-state index in [1.807, 2.05) is 6.08 Å². The van der Waals surface area contributed by atoms with Crippen LogP contribution in [0.15, 0.2) is 12.2 Å². The fourth-order valence-corrected chi connectivity index (χ4v) is 12.3. The average molecular weight is 1160 g/mol. The highest BCUT2D eigenvalue weighted by atomic mass is 16.5. The molecule has 1 amide bonds. The van der Waals surface area contributed by atoms with Crippen LogP contribution in [0.4, 0.5) is 0 Å². The van der Waals surface area contributed by atoms with Crippen molar-refractivity contribution >= 4 is 11.9 Å². The zero-order valence-electron chi connectivity index (χ0n) is 56.0. The molecule has 0 spiro atoms. The Morgan fingerprint density at radius 1 is 0.329 bits per heavy atom. The van der Waals surface area contributed by atoms with Gasteiger partial charge in [0.15, 0.2) is 0 Å². The Hall–Kier alpha value is -1.40. The third-order valence-electron chi connectivity index (χ3n) is 18.1. The lowest BCUT2D eigenvalue weighted by Crippen LogP contribution is -2.45. The summed E-state index contributed by atoms with van der Waals surface area (Å²) in [5.41, 5.74) is 0. The van der Waals surface area contributed by atoms with Crippen molar-refractivity contribution in [2.24, 2.45) is 0 Å². The molecule has 6 heteroatoms. The van der Waals surface area contributed by atoms with Crippen LogP contribution in [0.5, 0.6) is 0 Å². The highest BCUT2D eigenvalue weighted by molar-refractivity contribution is 5.76. The molecule has 2 unspecified atom stereocenters. The van der Waals surface area contributed by atoms with Gasteiger partial charge in [-0.3, -0.25) is 9.59 Å². The van der Waals surface area contributed by atoms with Gasteiger partial charge < -0.3 is 20.3 Å². The normalized spacial score (nSPS) is 12.5. The van der Waals surface area contributed by atoms with Crippen molar-refractivity contribution in [3.05, 3.63) is 12.2 Å². The number of aliphatic hydroxyl groups is 2. The Morgan fingerprint density at radius 2 is 0.561 bits per heavy atom. The van der Waals surface area contributed by atoms with Crippen molar-refractivity contribution in [1.29, 1.82) is 0 Å². The molecule has 0 aromatic carbocycles. The topological polar surface area (TPSA) is 95.9 Å². The molecule has 3 N–H and O–H groups in total. The Labute approximate surface area is 514 Å². The number of aliphatic hydroxyl groups excluding tert-OH is 2. The van der Waals surface area contributed by atoms with Crippen LogP contribution < -0.4 is 5.32 Å². The predicted octanol–water partition coefficient (Wildman–Crippen LogP) is 24.7. The minimum atomic E-state index is -0.842. The first-order valence-electron chi connectivity index (χ1n) is 38.0. The highest BCUT2D eigenvalue weighted by Gasteiger charge is 2.18. The number of carbonyl (C=O) groups excluding carboxylic acids is 2. The smallest absolute Gasteiger partial charge is 0.305 e. The summed E-state index contributed by atoms with van der Waals surface area (Å²) in [7, 11) is 0. The molecule has 0 aromatic heterocycles. The van der Waals surface area contributed by atoms with Gasteiger partial charge in [0.2, 0.25) is 5.91 Å². The standard InChI is InChI=1S/C76H149NO5/c1-3-5-7-9-11-13-15-17-19-21-33-38-42-46-50-54-58-62-66-70-76(81)82-71-67-63-59-55-51-47-43-39-35-32-30-28-26-24-22-23-25-27-29-31-34-37-41-45-49-53-57-61-65-69-75(80)77-73(72-78)74(79)68-64-60-56-52-48-44-40-36-20-18-16-14-12-10-8-6-4-2/h64,68,73-74,78-79H,3-63,65-67,69-72H2,1-2H3,(H,77,80)/b68-64+. The molecule has 0 aromatic rings. The lowest BCUT2D eigenvalue weighted by molar-refractivity contribution is -0.143. The van der Waals surface area contributed by atoms with E-state index < -0.39 is 12.1 Å². The monoisotopic (exact) mass is 1160 g/mol. The van der Waals surface area contributed by atoms with Crippen LogP contribution in [0, 0.1) is 0 Å². The van der Waals surface area contributed by atoms with Crippen molar-refractivity contribution in [1.82, 2.24) is 5.32 Å². The van der Waals surface area contributed by atoms with Crippen LogP contribution in [-0.4, -0.2) is 47.4 Å². The van der Waals surface area contributed by atoms with Crippen LogP contribution in [-0.2, 0) is 14.3 Å². The lowest BCUT2D eigenvalue weighted by atomic mass is 10.0. The van der Waals surface area contributed by atoms with E-state index in [-0.39, 0.29) is 18.5 Å². The van der Waals surface area contributed by atoms with Gasteiger partial charge in [-0.25, -0.2) is 0 Å². The molecule has 0 aliphatic rings. The van der Waals surface area contributed by atoms with Gasteiger partial charge in [0.25, 0.3) is 0 Å². The van der Waals surface area contributed by atoms with E-state index in [9.17, 15) is 19.8 Å². The molecule has 0 aliphatic carbocycles. The van der Waals surface area contributed by atoms with Crippen molar-refractivity contribution in [3.63, 3.8) is 0 Å². The molecule has 0 radical (unpaired) electrons. The molecule has 0 rings (SSSR count). The summed E-state index contributed by atoms with van der Waals surface area (Å²) < 4.78 is 5.52. The number of carbonyl (C=O) groups is 2. The van der Waals surface area contributed by atoms with Crippen LogP contribution in [0.1, 0.15) is 438 Å². The van der Waals surface area contributed by atoms with E-state index in [0.29, 0.717) is 19.4 Å². The Morgan fingerprint density at radius 3 is 0.829 bits per heavy atom. The Balaban J connectivity index is 3.33. The zero-order valence-corrected chi connectivity index (χ0v) is 56.0. The molecule has 0 bridgehead atoms. The minimum Gasteiger partial charge on any atom is -0.466 e. The number of hydrogen-bond donors (Lipinski definition) is 3. The van der Waals surface area contributed by atoms with Gasteiger partial charge >= 0.3 is 5.97 Å². The fraction of sp³-hybridized carbons (Fsp3) is 0.947. The van der Waals surface area contributed by atoms with Crippen molar-refractivity contribution < 1.29 is 24.5 Å². The average Bonchev–Trinajstić information content (AvgIpc) is 3.48. The lowest BCUT2D eigenvalue weighted by Gasteiger charge is -2.20. The summed E-state index contributed by atoms with van der Waals surface area (Å²) >= 11 is 0. The maximum Gasteiger partial charge on any atom is 0.305 e. The number of nitrogens with one attached hydrogen (secondary N) is 1. The van der Waals surface area contributed by atoms with E-state index in [1.54, 1.807) is 6.08 Å². The number of esters is 1. The van der Waals surface area contributed by atoms with Gasteiger partial charge in [0.05, 0.1) is 25.4 Å². The number of amides is 1. The largest absolute Gasteiger partial charge is 0.466 e.